The van der Waals surface area contributed by atoms with Gasteiger partial charge < -0.3 is 10.1 Å². The zero-order valence-corrected chi connectivity index (χ0v) is 16.6. The number of carbonyl (C=O) groups is 1. The average Bonchev–Trinajstić information content (AvgIpc) is 3.08. The first-order chi connectivity index (χ1) is 14.7. The van der Waals surface area contributed by atoms with Crippen LogP contribution in [0.3, 0.4) is 0 Å². The predicted octanol–water partition coefficient (Wildman–Crippen LogP) is 5.75. The predicted molar refractivity (Wildman–Crippen MR) is 101 cm³/mol. The Labute approximate surface area is 180 Å². The van der Waals surface area contributed by atoms with Gasteiger partial charge in [-0.3, -0.25) is 0 Å². The molecule has 0 radical (unpaired) electrons. The lowest BCUT2D eigenvalue weighted by Crippen LogP contribution is -2.21. The van der Waals surface area contributed by atoms with E-state index in [2.05, 4.69) is 22.6 Å². The molecule has 0 saturated heterocycles. The lowest BCUT2D eigenvalue weighted by Gasteiger charge is -2.13. The summed E-state index contributed by atoms with van der Waals surface area (Å²) in [6.07, 6.45) is -9.07. The van der Waals surface area contributed by atoms with E-state index in [0.717, 1.165) is 24.3 Å². The Morgan fingerprint density at radius 2 is 1.56 bits per heavy atom. The largest absolute Gasteiger partial charge is 0.490 e. The molecule has 3 rings (SSSR count). The van der Waals surface area contributed by atoms with Crippen LogP contribution >= 0.6 is 12.6 Å². The number of nitrogens with one attached hydrogen (secondary N) is 1. The zero-order chi connectivity index (χ0) is 24.3. The number of rotatable bonds is 4. The molecule has 1 atom stereocenters. The number of aromatic amines is 1. The normalized spacial score (nSPS) is 12.9. The number of nitrogens with zero attached hydrogens (tertiary/aromatic N) is 1. The fourth-order valence-electron chi connectivity index (χ4n) is 2.58. The molecule has 1 heterocycles. The molecule has 4 nitrogen and oxygen atoms in total. The van der Waals surface area contributed by atoms with Crippen LogP contribution < -0.4 is 0 Å². The SMILES string of the molecule is Fc1cc2nc([C@@H](CS)Cc3ccc(C(F)(F)F)cc3)[nH]c2cc1F.O=C(O)C(F)(F)F. The molecule has 0 aliphatic carbocycles. The quantitative estimate of drug-likeness (QED) is 0.325. The number of halogens is 8. The monoisotopic (exact) mass is 486 g/mol. The topological polar surface area (TPSA) is 66.0 Å². The van der Waals surface area contributed by atoms with Crippen molar-refractivity contribution in [2.75, 3.05) is 5.75 Å². The third-order valence-electron chi connectivity index (χ3n) is 4.16. The molecule has 0 unspecified atom stereocenters. The smallest absolute Gasteiger partial charge is 0.475 e. The second kappa shape index (κ2) is 9.76. The number of aliphatic carboxylic acids is 1. The Bertz CT molecular complexity index is 1040. The van der Waals surface area contributed by atoms with Gasteiger partial charge in [-0.15, -0.1) is 0 Å². The molecule has 0 amide bonds. The molecule has 0 fully saturated rings. The van der Waals surface area contributed by atoms with E-state index in [1.807, 2.05) is 0 Å². The summed E-state index contributed by atoms with van der Waals surface area (Å²) in [5.74, 6) is -4.12. The first kappa shape index (κ1) is 25.4. The van der Waals surface area contributed by atoms with Gasteiger partial charge in [-0.2, -0.15) is 39.0 Å². The highest BCUT2D eigenvalue weighted by Gasteiger charge is 2.38. The summed E-state index contributed by atoms with van der Waals surface area (Å²) in [7, 11) is 0. The fraction of sp³-hybridized carbons (Fsp3) is 0.263. The van der Waals surface area contributed by atoms with Crippen molar-refractivity contribution in [1.82, 2.24) is 9.97 Å². The molecular weight excluding hydrogens is 472 g/mol. The Morgan fingerprint density at radius 1 is 1.03 bits per heavy atom. The number of aromatic nitrogens is 2. The Morgan fingerprint density at radius 3 is 2.03 bits per heavy atom. The number of fused-ring (bicyclic) bond motifs is 1. The molecule has 13 heteroatoms. The van der Waals surface area contributed by atoms with Gasteiger partial charge in [-0.05, 0) is 24.1 Å². The highest BCUT2D eigenvalue weighted by atomic mass is 32.1. The number of alkyl halides is 6. The van der Waals surface area contributed by atoms with Crippen LogP contribution in [0.25, 0.3) is 11.0 Å². The number of hydrogen-bond acceptors (Lipinski definition) is 3. The zero-order valence-electron chi connectivity index (χ0n) is 15.7. The molecule has 2 N–H and O–H groups in total. The molecule has 174 valence electrons. The van der Waals surface area contributed by atoms with Gasteiger partial charge >= 0.3 is 18.3 Å². The molecule has 0 spiro atoms. The van der Waals surface area contributed by atoms with Crippen LogP contribution in [0.4, 0.5) is 35.1 Å². The van der Waals surface area contributed by atoms with Crippen molar-refractivity contribution in [2.45, 2.75) is 24.7 Å². The van der Waals surface area contributed by atoms with Crippen LogP contribution in [-0.4, -0.2) is 33.0 Å². The molecule has 0 aliphatic heterocycles. The minimum atomic E-state index is -5.08. The molecule has 2 aromatic carbocycles. The van der Waals surface area contributed by atoms with Crippen molar-refractivity contribution in [3.8, 4) is 0 Å². The van der Waals surface area contributed by atoms with Crippen LogP contribution in [0.1, 0.15) is 22.9 Å². The third kappa shape index (κ3) is 6.58. The third-order valence-corrected chi connectivity index (χ3v) is 4.60. The highest BCUT2D eigenvalue weighted by molar-refractivity contribution is 7.80. The molecule has 0 bridgehead atoms. The lowest BCUT2D eigenvalue weighted by molar-refractivity contribution is -0.192. The molecule has 1 aromatic heterocycles. The van der Waals surface area contributed by atoms with Crippen LogP contribution in [0.2, 0.25) is 0 Å². The summed E-state index contributed by atoms with van der Waals surface area (Å²) < 4.78 is 96.1. The Balaban J connectivity index is 0.000000451. The van der Waals surface area contributed by atoms with Gasteiger partial charge in [-0.25, -0.2) is 18.6 Å². The van der Waals surface area contributed by atoms with Crippen molar-refractivity contribution >= 4 is 29.6 Å². The summed E-state index contributed by atoms with van der Waals surface area (Å²) >= 11 is 4.26. The van der Waals surface area contributed by atoms with E-state index in [1.54, 1.807) is 0 Å². The number of carboxylic acids is 1. The number of carboxylic acid groups (broad SMARTS) is 1. The van der Waals surface area contributed by atoms with Crippen LogP contribution in [0.5, 0.6) is 0 Å². The van der Waals surface area contributed by atoms with Crippen molar-refractivity contribution < 1.29 is 45.0 Å². The highest BCUT2D eigenvalue weighted by Crippen LogP contribution is 2.30. The van der Waals surface area contributed by atoms with E-state index >= 15 is 0 Å². The van der Waals surface area contributed by atoms with Gasteiger partial charge in [0.05, 0.1) is 16.6 Å². The molecule has 0 aliphatic rings. The Hall–Kier alpha value is -2.83. The van der Waals surface area contributed by atoms with Gasteiger partial charge in [0.1, 0.15) is 5.82 Å². The van der Waals surface area contributed by atoms with Crippen molar-refractivity contribution in [2.24, 2.45) is 0 Å². The van der Waals surface area contributed by atoms with E-state index < -0.39 is 35.5 Å². The molecule has 32 heavy (non-hydrogen) atoms. The molecule has 0 saturated carbocycles. The minimum Gasteiger partial charge on any atom is -0.475 e. The second-order valence-electron chi connectivity index (χ2n) is 6.49. The maximum absolute atomic E-state index is 13.3. The standard InChI is InChI=1S/C17H13F5N2S.C2HF3O2/c18-12-6-14-15(7-13(12)19)24-16(23-14)10(8-25)5-9-1-3-11(4-2-9)17(20,21)22;3-2(4,5)1(6)7/h1-4,6-7,10,25H,5,8H2,(H,23,24);(H,6,7)/t10-;/m1./s1. The van der Waals surface area contributed by atoms with Crippen molar-refractivity contribution in [1.29, 1.82) is 0 Å². The second-order valence-corrected chi connectivity index (χ2v) is 6.85. The minimum absolute atomic E-state index is 0.237. The van der Waals surface area contributed by atoms with E-state index in [0.29, 0.717) is 29.1 Å². The van der Waals surface area contributed by atoms with Crippen molar-refractivity contribution in [3.63, 3.8) is 0 Å². The van der Waals surface area contributed by atoms with Crippen LogP contribution in [0, 0.1) is 11.6 Å². The van der Waals surface area contributed by atoms with E-state index in [-0.39, 0.29) is 11.4 Å². The van der Waals surface area contributed by atoms with E-state index in [4.69, 9.17) is 9.90 Å². The van der Waals surface area contributed by atoms with E-state index in [1.165, 1.54) is 12.1 Å². The number of H-pyrrole nitrogens is 1. The van der Waals surface area contributed by atoms with Crippen LogP contribution in [0.15, 0.2) is 36.4 Å². The fourth-order valence-corrected chi connectivity index (χ4v) is 2.88. The first-order valence-electron chi connectivity index (χ1n) is 8.64. The maximum atomic E-state index is 13.3. The number of benzene rings is 2. The van der Waals surface area contributed by atoms with Gasteiger partial charge in [0.2, 0.25) is 0 Å². The average molecular weight is 486 g/mol. The van der Waals surface area contributed by atoms with Crippen molar-refractivity contribution in [3.05, 3.63) is 65.0 Å². The lowest BCUT2D eigenvalue weighted by atomic mass is 9.99. The van der Waals surface area contributed by atoms with Gasteiger partial charge in [0.25, 0.3) is 0 Å². The number of hydrogen-bond donors (Lipinski definition) is 3. The van der Waals surface area contributed by atoms with Gasteiger partial charge in [-0.1, -0.05) is 12.1 Å². The van der Waals surface area contributed by atoms with Gasteiger partial charge in [0.15, 0.2) is 11.6 Å². The Kier molecular flexibility index (Phi) is 7.75. The van der Waals surface area contributed by atoms with Gasteiger partial charge in [0, 0.05) is 23.8 Å². The van der Waals surface area contributed by atoms with E-state index in [9.17, 15) is 35.1 Å². The summed E-state index contributed by atoms with van der Waals surface area (Å²) in [6.45, 7) is 0. The number of thiol groups is 1. The molecular formula is C19H14F8N2O2S. The summed E-state index contributed by atoms with van der Waals surface area (Å²) in [5.41, 5.74) is 0.611. The summed E-state index contributed by atoms with van der Waals surface area (Å²) in [5, 5.41) is 7.12. The number of imidazole rings is 1. The molecule has 3 aromatic rings. The van der Waals surface area contributed by atoms with Crippen LogP contribution in [-0.2, 0) is 17.4 Å². The summed E-state index contributed by atoms with van der Waals surface area (Å²) in [4.78, 5) is 16.1. The first-order valence-corrected chi connectivity index (χ1v) is 9.27. The maximum Gasteiger partial charge on any atom is 0.490 e. The summed E-state index contributed by atoms with van der Waals surface area (Å²) in [6, 6.07) is 6.87.